The monoisotopic (exact) mass is 422 g/mol. The van der Waals surface area contributed by atoms with E-state index >= 15 is 0 Å². The topological polar surface area (TPSA) is 51.2 Å². The number of benzene rings is 2. The molecule has 4 rings (SSSR count). The van der Waals surface area contributed by atoms with Crippen LogP contribution >= 0.6 is 11.8 Å². The number of aryl methyl sites for hydroxylation is 1. The van der Waals surface area contributed by atoms with Crippen molar-refractivity contribution in [2.75, 3.05) is 12.4 Å². The Labute approximate surface area is 179 Å². The van der Waals surface area contributed by atoms with Crippen molar-refractivity contribution in [3.63, 3.8) is 0 Å². The Morgan fingerprint density at radius 1 is 1.13 bits per heavy atom. The molecular formula is C24H23FN2O2S. The molecule has 1 amide bonds. The van der Waals surface area contributed by atoms with Crippen LogP contribution in [0.1, 0.15) is 33.5 Å². The van der Waals surface area contributed by atoms with Crippen LogP contribution in [0.25, 0.3) is 0 Å². The van der Waals surface area contributed by atoms with E-state index in [1.54, 1.807) is 30.1 Å². The first-order valence-electron chi connectivity index (χ1n) is 10.0. The van der Waals surface area contributed by atoms with Gasteiger partial charge in [-0.25, -0.2) is 9.37 Å². The van der Waals surface area contributed by atoms with Gasteiger partial charge in [-0.2, -0.15) is 0 Å². The first kappa shape index (κ1) is 20.4. The van der Waals surface area contributed by atoms with E-state index in [0.717, 1.165) is 53.5 Å². The van der Waals surface area contributed by atoms with Crippen molar-refractivity contribution in [1.82, 2.24) is 10.3 Å². The average Bonchev–Trinajstić information content (AvgIpc) is 3.24. The Kier molecular flexibility index (Phi) is 6.64. The Morgan fingerprint density at radius 3 is 2.83 bits per heavy atom. The fourth-order valence-corrected chi connectivity index (χ4v) is 4.31. The average molecular weight is 423 g/mol. The highest BCUT2D eigenvalue weighted by molar-refractivity contribution is 7.99. The van der Waals surface area contributed by atoms with E-state index in [-0.39, 0.29) is 11.7 Å². The minimum absolute atomic E-state index is 0.134. The number of amides is 1. The smallest absolute Gasteiger partial charge is 0.254 e. The molecule has 0 atom stereocenters. The summed E-state index contributed by atoms with van der Waals surface area (Å²) in [6.07, 6.45) is 4.43. The van der Waals surface area contributed by atoms with Crippen LogP contribution in [-0.4, -0.2) is 23.3 Å². The van der Waals surface area contributed by atoms with Crippen LogP contribution in [0, 0.1) is 5.82 Å². The van der Waals surface area contributed by atoms with E-state index in [4.69, 9.17) is 4.74 Å². The Balaban J connectivity index is 1.30. The van der Waals surface area contributed by atoms with Crippen molar-refractivity contribution < 1.29 is 13.9 Å². The van der Waals surface area contributed by atoms with Crippen molar-refractivity contribution in [3.05, 3.63) is 88.9 Å². The first-order valence-corrected chi connectivity index (χ1v) is 11.0. The number of nitrogens with zero attached hydrogens (tertiary/aromatic N) is 1. The minimum atomic E-state index is -0.218. The summed E-state index contributed by atoms with van der Waals surface area (Å²) in [4.78, 5) is 17.1. The van der Waals surface area contributed by atoms with Crippen LogP contribution in [0.3, 0.4) is 0 Å². The number of ether oxygens (including phenoxy) is 1. The molecule has 0 bridgehead atoms. The molecule has 0 unspecified atom stereocenters. The maximum absolute atomic E-state index is 13.0. The molecule has 1 aliphatic heterocycles. The third kappa shape index (κ3) is 5.19. The number of carbonyl (C=O) groups is 1. The molecule has 3 aromatic rings. The number of hydrogen-bond acceptors (Lipinski definition) is 4. The molecule has 0 fully saturated rings. The van der Waals surface area contributed by atoms with Crippen LogP contribution in [-0.2, 0) is 19.4 Å². The second-order valence-electron chi connectivity index (χ2n) is 7.16. The molecule has 6 heteroatoms. The summed E-state index contributed by atoms with van der Waals surface area (Å²) in [6, 6.07) is 16.3. The number of hydrogen-bond donors (Lipinski definition) is 1. The normalized spacial score (nSPS) is 12.3. The lowest BCUT2D eigenvalue weighted by molar-refractivity contribution is 0.0947. The van der Waals surface area contributed by atoms with Crippen molar-refractivity contribution in [2.24, 2.45) is 0 Å². The van der Waals surface area contributed by atoms with Gasteiger partial charge >= 0.3 is 0 Å². The van der Waals surface area contributed by atoms with E-state index in [2.05, 4.69) is 16.4 Å². The van der Waals surface area contributed by atoms with E-state index in [1.165, 1.54) is 17.7 Å². The van der Waals surface area contributed by atoms with Crippen LogP contribution in [0.15, 0.2) is 65.8 Å². The summed E-state index contributed by atoms with van der Waals surface area (Å²) < 4.78 is 18.6. The van der Waals surface area contributed by atoms with Crippen LogP contribution in [0.5, 0.6) is 5.75 Å². The lowest BCUT2D eigenvalue weighted by Gasteiger charge is -2.10. The van der Waals surface area contributed by atoms with Gasteiger partial charge in [-0.05, 0) is 65.6 Å². The lowest BCUT2D eigenvalue weighted by atomic mass is 10.1. The molecule has 0 aliphatic carbocycles. The molecule has 0 radical (unpaired) electrons. The highest BCUT2D eigenvalue weighted by Crippen LogP contribution is 2.26. The number of carbonyl (C=O) groups excluding carboxylic acids is 1. The predicted molar refractivity (Wildman–Crippen MR) is 116 cm³/mol. The zero-order valence-electron chi connectivity index (χ0n) is 16.6. The quantitative estimate of drug-likeness (QED) is 0.418. The van der Waals surface area contributed by atoms with Crippen molar-refractivity contribution in [2.45, 2.75) is 30.8 Å². The molecule has 30 heavy (non-hydrogen) atoms. The molecule has 1 N–H and O–H groups in total. The summed E-state index contributed by atoms with van der Waals surface area (Å²) in [5.74, 6) is 1.40. The first-order chi connectivity index (χ1) is 14.7. The SMILES string of the molecule is O=C(NCc1ccc2c(c1)OCC2)c1cccnc1SCCCc1ccc(F)cc1. The second kappa shape index (κ2) is 9.76. The summed E-state index contributed by atoms with van der Waals surface area (Å²) in [7, 11) is 0. The van der Waals surface area contributed by atoms with Crippen LogP contribution in [0.2, 0.25) is 0 Å². The fourth-order valence-electron chi connectivity index (χ4n) is 3.37. The van der Waals surface area contributed by atoms with E-state index in [1.807, 2.05) is 24.3 Å². The van der Waals surface area contributed by atoms with Gasteiger partial charge in [0.05, 0.1) is 12.2 Å². The molecular weight excluding hydrogens is 399 g/mol. The van der Waals surface area contributed by atoms with E-state index < -0.39 is 0 Å². The number of fused-ring (bicyclic) bond motifs is 1. The van der Waals surface area contributed by atoms with Crippen molar-refractivity contribution in [1.29, 1.82) is 0 Å². The van der Waals surface area contributed by atoms with Gasteiger partial charge in [-0.1, -0.05) is 24.3 Å². The molecule has 2 heterocycles. The molecule has 2 aromatic carbocycles. The zero-order chi connectivity index (χ0) is 20.8. The van der Waals surface area contributed by atoms with E-state index in [0.29, 0.717) is 12.1 Å². The predicted octanol–water partition coefficient (Wildman–Crippen LogP) is 4.81. The minimum Gasteiger partial charge on any atom is -0.493 e. The fraction of sp³-hybridized carbons (Fsp3) is 0.250. The Morgan fingerprint density at radius 2 is 1.97 bits per heavy atom. The van der Waals surface area contributed by atoms with Gasteiger partial charge < -0.3 is 10.1 Å². The third-order valence-corrected chi connectivity index (χ3v) is 6.08. The Hall–Kier alpha value is -2.86. The van der Waals surface area contributed by atoms with Gasteiger partial charge in [0.25, 0.3) is 5.91 Å². The summed E-state index contributed by atoms with van der Waals surface area (Å²) in [6.45, 7) is 1.17. The maximum atomic E-state index is 13.0. The van der Waals surface area contributed by atoms with Gasteiger partial charge in [0.2, 0.25) is 0 Å². The molecule has 0 spiro atoms. The lowest BCUT2D eigenvalue weighted by Crippen LogP contribution is -2.23. The molecule has 4 nitrogen and oxygen atoms in total. The molecule has 0 saturated heterocycles. The highest BCUT2D eigenvalue weighted by Gasteiger charge is 2.15. The van der Waals surface area contributed by atoms with Crippen molar-refractivity contribution in [3.8, 4) is 5.75 Å². The number of aromatic nitrogens is 1. The number of rotatable bonds is 8. The second-order valence-corrected chi connectivity index (χ2v) is 8.24. The Bertz CT molecular complexity index is 1020. The van der Waals surface area contributed by atoms with Crippen molar-refractivity contribution >= 4 is 17.7 Å². The van der Waals surface area contributed by atoms with Gasteiger partial charge in [-0.3, -0.25) is 4.79 Å². The summed E-state index contributed by atoms with van der Waals surface area (Å²) in [5, 5.41) is 3.71. The standard InChI is InChI=1S/C24H23FN2O2S/c25-20-9-6-17(7-10-20)3-2-14-30-24-21(4-1-12-26-24)23(28)27-16-18-5-8-19-11-13-29-22(19)15-18/h1,4-10,12,15H,2-3,11,13-14,16H2,(H,27,28). The summed E-state index contributed by atoms with van der Waals surface area (Å²) in [5.41, 5.74) is 3.93. The molecule has 1 aromatic heterocycles. The number of pyridine rings is 1. The largest absolute Gasteiger partial charge is 0.493 e. The zero-order valence-corrected chi connectivity index (χ0v) is 17.4. The third-order valence-electron chi connectivity index (χ3n) is 4.99. The van der Waals surface area contributed by atoms with Crippen LogP contribution in [0.4, 0.5) is 4.39 Å². The maximum Gasteiger partial charge on any atom is 0.254 e. The molecule has 0 saturated carbocycles. The number of halogens is 1. The van der Waals surface area contributed by atoms with Crippen LogP contribution < -0.4 is 10.1 Å². The molecule has 1 aliphatic rings. The number of thioether (sulfide) groups is 1. The van der Waals surface area contributed by atoms with Gasteiger partial charge in [0, 0.05) is 19.2 Å². The number of nitrogens with one attached hydrogen (secondary N) is 1. The van der Waals surface area contributed by atoms with Gasteiger partial charge in [0.15, 0.2) is 0 Å². The van der Waals surface area contributed by atoms with E-state index in [9.17, 15) is 9.18 Å². The highest BCUT2D eigenvalue weighted by atomic mass is 32.2. The molecule has 154 valence electrons. The summed E-state index contributed by atoms with van der Waals surface area (Å²) >= 11 is 1.57. The van der Waals surface area contributed by atoms with Gasteiger partial charge in [-0.15, -0.1) is 11.8 Å². The van der Waals surface area contributed by atoms with Gasteiger partial charge in [0.1, 0.15) is 16.6 Å².